The third kappa shape index (κ3) is 6.28. The van der Waals surface area contributed by atoms with E-state index in [0.717, 1.165) is 18.0 Å². The topological polar surface area (TPSA) is 50.4 Å². The first-order chi connectivity index (χ1) is 8.58. The molecule has 1 aromatic carbocycles. The van der Waals surface area contributed by atoms with Crippen molar-refractivity contribution in [1.29, 1.82) is 0 Å². The lowest BCUT2D eigenvalue weighted by molar-refractivity contribution is 0.511. The smallest absolute Gasteiger partial charge is 0.193 e. The molecule has 3 nitrogen and oxygen atoms in total. The molecule has 0 aromatic heterocycles. The van der Waals surface area contributed by atoms with Crippen molar-refractivity contribution in [2.24, 2.45) is 16.6 Å². The van der Waals surface area contributed by atoms with Crippen LogP contribution in [-0.2, 0) is 0 Å². The fraction of sp³-hybridized carbons (Fsp3) is 0.533. The Labute approximate surface area is 111 Å². The Morgan fingerprint density at radius 1 is 1.17 bits per heavy atom. The Kier molecular flexibility index (Phi) is 6.26. The van der Waals surface area contributed by atoms with E-state index < -0.39 is 0 Å². The van der Waals surface area contributed by atoms with E-state index in [2.05, 4.69) is 31.1 Å². The minimum absolute atomic E-state index is 0.278. The number of benzene rings is 1. The van der Waals surface area contributed by atoms with E-state index in [4.69, 9.17) is 5.73 Å². The standard InChI is InChI=1S/C15H25N3/c1-12(2)8-7-9-13(3)17-15(16)18-14-10-5-4-6-11-14/h4-6,10-13H,7-9H2,1-3H3,(H3,16,17,18). The average molecular weight is 247 g/mol. The molecule has 0 saturated carbocycles. The molecule has 1 rings (SSSR count). The van der Waals surface area contributed by atoms with Crippen LogP contribution < -0.4 is 11.1 Å². The third-order valence-corrected chi connectivity index (χ3v) is 2.81. The Morgan fingerprint density at radius 2 is 1.83 bits per heavy atom. The van der Waals surface area contributed by atoms with Crippen LogP contribution in [-0.4, -0.2) is 12.0 Å². The van der Waals surface area contributed by atoms with Crippen LogP contribution in [0.5, 0.6) is 0 Å². The van der Waals surface area contributed by atoms with Crippen molar-refractivity contribution in [1.82, 2.24) is 0 Å². The molecule has 18 heavy (non-hydrogen) atoms. The number of rotatable bonds is 6. The van der Waals surface area contributed by atoms with Crippen LogP contribution in [0.1, 0.15) is 40.0 Å². The van der Waals surface area contributed by atoms with E-state index in [0.29, 0.717) is 5.96 Å². The van der Waals surface area contributed by atoms with Gasteiger partial charge in [-0.3, -0.25) is 4.99 Å². The molecule has 0 radical (unpaired) electrons. The first-order valence-electron chi connectivity index (χ1n) is 6.73. The lowest BCUT2D eigenvalue weighted by Gasteiger charge is -2.10. The van der Waals surface area contributed by atoms with Crippen molar-refractivity contribution in [3.8, 4) is 0 Å². The molecule has 1 unspecified atom stereocenters. The lowest BCUT2D eigenvalue weighted by Crippen LogP contribution is -2.24. The molecule has 0 spiro atoms. The van der Waals surface area contributed by atoms with Crippen LogP contribution >= 0.6 is 0 Å². The molecule has 0 aliphatic carbocycles. The van der Waals surface area contributed by atoms with Crippen molar-refractivity contribution in [3.05, 3.63) is 30.3 Å². The predicted molar refractivity (Wildman–Crippen MR) is 79.8 cm³/mol. The van der Waals surface area contributed by atoms with Gasteiger partial charge in [-0.2, -0.15) is 0 Å². The quantitative estimate of drug-likeness (QED) is 0.596. The summed E-state index contributed by atoms with van der Waals surface area (Å²) in [6, 6.07) is 10.2. The summed E-state index contributed by atoms with van der Waals surface area (Å²) < 4.78 is 0. The van der Waals surface area contributed by atoms with Crippen LogP contribution in [0.4, 0.5) is 5.69 Å². The van der Waals surface area contributed by atoms with Gasteiger partial charge in [-0.25, -0.2) is 0 Å². The zero-order valence-corrected chi connectivity index (χ0v) is 11.7. The van der Waals surface area contributed by atoms with Crippen LogP contribution in [0, 0.1) is 5.92 Å². The normalized spacial score (nSPS) is 13.7. The molecule has 0 aliphatic heterocycles. The minimum atomic E-state index is 0.278. The average Bonchev–Trinajstić information content (AvgIpc) is 2.29. The van der Waals surface area contributed by atoms with Gasteiger partial charge in [0.05, 0.1) is 6.04 Å². The van der Waals surface area contributed by atoms with Gasteiger partial charge in [0, 0.05) is 5.69 Å². The summed E-state index contributed by atoms with van der Waals surface area (Å²) in [6.45, 7) is 6.61. The molecule has 0 heterocycles. The van der Waals surface area contributed by atoms with E-state index in [-0.39, 0.29) is 6.04 Å². The Balaban J connectivity index is 2.36. The van der Waals surface area contributed by atoms with E-state index in [1.165, 1.54) is 12.8 Å². The SMILES string of the molecule is CC(C)CCCC(C)N=C(N)Nc1ccccc1. The summed E-state index contributed by atoms with van der Waals surface area (Å²) in [5.74, 6) is 1.26. The third-order valence-electron chi connectivity index (χ3n) is 2.81. The number of anilines is 1. The number of nitrogens with zero attached hydrogens (tertiary/aromatic N) is 1. The highest BCUT2D eigenvalue weighted by Gasteiger charge is 2.02. The second kappa shape index (κ2) is 7.75. The van der Waals surface area contributed by atoms with E-state index >= 15 is 0 Å². The van der Waals surface area contributed by atoms with Gasteiger partial charge in [-0.05, 0) is 31.4 Å². The van der Waals surface area contributed by atoms with Crippen LogP contribution in [0.3, 0.4) is 0 Å². The Bertz CT molecular complexity index is 357. The Morgan fingerprint density at radius 3 is 2.44 bits per heavy atom. The van der Waals surface area contributed by atoms with E-state index in [9.17, 15) is 0 Å². The van der Waals surface area contributed by atoms with Crippen molar-refractivity contribution in [3.63, 3.8) is 0 Å². The van der Waals surface area contributed by atoms with Gasteiger partial charge in [0.15, 0.2) is 5.96 Å². The summed E-state index contributed by atoms with van der Waals surface area (Å²) in [5.41, 5.74) is 6.86. The van der Waals surface area contributed by atoms with E-state index in [1.807, 2.05) is 30.3 Å². The number of hydrogen-bond acceptors (Lipinski definition) is 1. The van der Waals surface area contributed by atoms with Gasteiger partial charge in [-0.15, -0.1) is 0 Å². The van der Waals surface area contributed by atoms with Gasteiger partial charge in [0.25, 0.3) is 0 Å². The van der Waals surface area contributed by atoms with E-state index in [1.54, 1.807) is 0 Å². The molecular weight excluding hydrogens is 222 g/mol. The number of aliphatic imine (C=N–C) groups is 1. The summed E-state index contributed by atoms with van der Waals surface area (Å²) in [4.78, 5) is 4.45. The molecule has 0 bridgehead atoms. The first-order valence-corrected chi connectivity index (χ1v) is 6.73. The number of nitrogens with one attached hydrogen (secondary N) is 1. The zero-order valence-electron chi connectivity index (χ0n) is 11.7. The molecule has 0 saturated heterocycles. The van der Waals surface area contributed by atoms with Gasteiger partial charge >= 0.3 is 0 Å². The molecule has 100 valence electrons. The van der Waals surface area contributed by atoms with Crippen molar-refractivity contribution in [2.75, 3.05) is 5.32 Å². The van der Waals surface area contributed by atoms with Gasteiger partial charge in [0.2, 0.25) is 0 Å². The number of nitrogens with two attached hydrogens (primary N) is 1. The second-order valence-corrected chi connectivity index (χ2v) is 5.18. The zero-order chi connectivity index (χ0) is 13.4. The molecule has 0 aliphatic rings. The maximum Gasteiger partial charge on any atom is 0.193 e. The lowest BCUT2D eigenvalue weighted by atomic mass is 10.0. The molecule has 3 heteroatoms. The molecule has 0 fully saturated rings. The summed E-state index contributed by atoms with van der Waals surface area (Å²) >= 11 is 0. The maximum absolute atomic E-state index is 5.88. The van der Waals surface area contributed by atoms with Crippen molar-refractivity contribution >= 4 is 11.6 Å². The summed E-state index contributed by atoms with van der Waals surface area (Å²) in [5, 5.41) is 3.10. The predicted octanol–water partition coefficient (Wildman–Crippen LogP) is 3.63. The fourth-order valence-electron chi connectivity index (χ4n) is 1.83. The maximum atomic E-state index is 5.88. The monoisotopic (exact) mass is 247 g/mol. The van der Waals surface area contributed by atoms with Gasteiger partial charge in [-0.1, -0.05) is 44.9 Å². The molecule has 1 atom stereocenters. The highest BCUT2D eigenvalue weighted by molar-refractivity contribution is 5.92. The highest BCUT2D eigenvalue weighted by Crippen LogP contribution is 2.10. The van der Waals surface area contributed by atoms with Crippen LogP contribution in [0.2, 0.25) is 0 Å². The van der Waals surface area contributed by atoms with Gasteiger partial charge < -0.3 is 11.1 Å². The largest absolute Gasteiger partial charge is 0.370 e. The van der Waals surface area contributed by atoms with Crippen molar-refractivity contribution < 1.29 is 0 Å². The van der Waals surface area contributed by atoms with Crippen LogP contribution in [0.15, 0.2) is 35.3 Å². The number of guanidine groups is 1. The minimum Gasteiger partial charge on any atom is -0.370 e. The summed E-state index contributed by atoms with van der Waals surface area (Å²) in [7, 11) is 0. The second-order valence-electron chi connectivity index (χ2n) is 5.18. The van der Waals surface area contributed by atoms with Crippen molar-refractivity contribution in [2.45, 2.75) is 46.1 Å². The fourth-order valence-corrected chi connectivity index (χ4v) is 1.83. The van der Waals surface area contributed by atoms with Gasteiger partial charge in [0.1, 0.15) is 0 Å². The molecule has 1 aromatic rings. The molecule has 0 amide bonds. The highest BCUT2D eigenvalue weighted by atomic mass is 15.1. The molecule has 3 N–H and O–H groups in total. The van der Waals surface area contributed by atoms with Crippen LogP contribution in [0.25, 0.3) is 0 Å². The summed E-state index contributed by atoms with van der Waals surface area (Å²) in [6.07, 6.45) is 3.56. The molecular formula is C15H25N3. The Hall–Kier alpha value is -1.51. The number of para-hydroxylation sites is 1. The number of hydrogen-bond donors (Lipinski definition) is 2. The first kappa shape index (κ1) is 14.6.